The third-order valence-electron chi connectivity index (χ3n) is 4.89. The lowest BCUT2D eigenvalue weighted by Crippen LogP contribution is -2.20. The van der Waals surface area contributed by atoms with Crippen molar-refractivity contribution in [2.75, 3.05) is 5.32 Å². The summed E-state index contributed by atoms with van der Waals surface area (Å²) in [5.74, 6) is 0.0405. The number of carbonyl (C=O) groups is 2. The van der Waals surface area contributed by atoms with Crippen molar-refractivity contribution >= 4 is 28.5 Å². The van der Waals surface area contributed by atoms with Crippen LogP contribution in [0.25, 0.3) is 10.8 Å². The highest BCUT2D eigenvalue weighted by atomic mass is 19.4. The third-order valence-corrected chi connectivity index (χ3v) is 4.89. The van der Waals surface area contributed by atoms with Crippen molar-refractivity contribution in [2.24, 2.45) is 0 Å². The highest BCUT2D eigenvalue weighted by molar-refractivity contribution is 6.13. The molecule has 11 heteroatoms. The van der Waals surface area contributed by atoms with E-state index in [2.05, 4.69) is 20.6 Å². The second-order valence-electron chi connectivity index (χ2n) is 7.33. The second-order valence-corrected chi connectivity index (χ2v) is 7.33. The Balaban J connectivity index is 1.54. The van der Waals surface area contributed by atoms with Gasteiger partial charge in [0.25, 0.3) is 5.91 Å². The number of fused-ring (bicyclic) bond motifs is 1. The van der Waals surface area contributed by atoms with Crippen molar-refractivity contribution in [3.8, 4) is 11.6 Å². The van der Waals surface area contributed by atoms with Crippen LogP contribution in [-0.2, 0) is 12.7 Å². The maximum Gasteiger partial charge on any atom is 0.416 e. The minimum Gasteiger partial charge on any atom is -0.465 e. The lowest BCUT2D eigenvalue weighted by atomic mass is 10.0. The van der Waals surface area contributed by atoms with E-state index < -0.39 is 23.7 Å². The van der Waals surface area contributed by atoms with E-state index in [0.717, 1.165) is 12.1 Å². The van der Waals surface area contributed by atoms with Crippen LogP contribution in [0.15, 0.2) is 73.1 Å². The van der Waals surface area contributed by atoms with Crippen LogP contribution in [0.3, 0.4) is 0 Å². The molecule has 178 valence electrons. The molecule has 4 aromatic rings. The predicted molar refractivity (Wildman–Crippen MR) is 120 cm³/mol. The van der Waals surface area contributed by atoms with Gasteiger partial charge in [-0.05, 0) is 53.2 Å². The summed E-state index contributed by atoms with van der Waals surface area (Å²) in [6.07, 6.45) is -4.47. The molecule has 0 aliphatic carbocycles. The number of benzene rings is 3. The smallest absolute Gasteiger partial charge is 0.416 e. The maximum atomic E-state index is 13.0. The fourth-order valence-electron chi connectivity index (χ4n) is 3.31. The van der Waals surface area contributed by atoms with Crippen LogP contribution in [0.5, 0.6) is 11.6 Å². The lowest BCUT2D eigenvalue weighted by molar-refractivity contribution is -0.137. The molecule has 4 rings (SSSR count). The van der Waals surface area contributed by atoms with E-state index in [-0.39, 0.29) is 23.7 Å². The standard InChI is InChI=1S/C24H17F3N4O4/c25-24(26,27)15-4-2-5-16(10-15)31-22(32)20-6-1-3-14-9-18(7-8-19(14)20)35-21-11-17(29-13-30-21)12-28-23(33)34/h1-11,13,28H,12H2,(H,31,32)(H,33,34). The molecular formula is C24H17F3N4O4. The van der Waals surface area contributed by atoms with Gasteiger partial charge in [-0.25, -0.2) is 14.8 Å². The monoisotopic (exact) mass is 482 g/mol. The van der Waals surface area contributed by atoms with Crippen molar-refractivity contribution in [3.05, 3.63) is 89.9 Å². The summed E-state index contributed by atoms with van der Waals surface area (Å²) in [4.78, 5) is 31.4. The maximum absolute atomic E-state index is 13.0. The van der Waals surface area contributed by atoms with Crippen molar-refractivity contribution in [2.45, 2.75) is 12.7 Å². The van der Waals surface area contributed by atoms with E-state index in [4.69, 9.17) is 9.84 Å². The average Bonchev–Trinajstić information content (AvgIpc) is 2.82. The molecule has 0 bridgehead atoms. The lowest BCUT2D eigenvalue weighted by Gasteiger charge is -2.12. The first-order valence-electron chi connectivity index (χ1n) is 10.2. The van der Waals surface area contributed by atoms with Crippen LogP contribution >= 0.6 is 0 Å². The Bertz CT molecular complexity index is 1410. The fourth-order valence-corrected chi connectivity index (χ4v) is 3.31. The van der Waals surface area contributed by atoms with E-state index in [1.165, 1.54) is 24.5 Å². The first-order valence-corrected chi connectivity index (χ1v) is 10.2. The van der Waals surface area contributed by atoms with Gasteiger partial charge in [-0.1, -0.05) is 18.2 Å². The number of aromatic nitrogens is 2. The van der Waals surface area contributed by atoms with Gasteiger partial charge in [0, 0.05) is 17.3 Å². The van der Waals surface area contributed by atoms with Gasteiger partial charge in [0.1, 0.15) is 12.1 Å². The third kappa shape index (κ3) is 5.82. The molecule has 0 fully saturated rings. The number of nitrogens with zero attached hydrogens (tertiary/aromatic N) is 2. The normalized spacial score (nSPS) is 11.2. The number of carboxylic acid groups (broad SMARTS) is 1. The van der Waals surface area contributed by atoms with Crippen molar-refractivity contribution in [1.82, 2.24) is 15.3 Å². The van der Waals surface area contributed by atoms with Gasteiger partial charge in [-0.15, -0.1) is 0 Å². The first-order chi connectivity index (χ1) is 16.7. The topological polar surface area (TPSA) is 113 Å². The van der Waals surface area contributed by atoms with E-state index >= 15 is 0 Å². The Morgan fingerprint density at radius 2 is 1.77 bits per heavy atom. The number of amides is 2. The number of halogens is 3. The van der Waals surface area contributed by atoms with Gasteiger partial charge < -0.3 is 20.5 Å². The van der Waals surface area contributed by atoms with Crippen LogP contribution in [0.1, 0.15) is 21.6 Å². The van der Waals surface area contributed by atoms with Gasteiger partial charge in [0.2, 0.25) is 5.88 Å². The minimum atomic E-state index is -4.52. The molecule has 0 spiro atoms. The van der Waals surface area contributed by atoms with E-state index in [1.807, 2.05) is 0 Å². The molecule has 3 aromatic carbocycles. The zero-order valence-corrected chi connectivity index (χ0v) is 17.8. The van der Waals surface area contributed by atoms with Crippen LogP contribution in [0, 0.1) is 0 Å². The summed E-state index contributed by atoms with van der Waals surface area (Å²) in [6.45, 7) is -0.0176. The summed E-state index contributed by atoms with van der Waals surface area (Å²) >= 11 is 0. The number of rotatable bonds is 6. The number of hydrogen-bond acceptors (Lipinski definition) is 5. The van der Waals surface area contributed by atoms with Crippen LogP contribution in [0.2, 0.25) is 0 Å². The number of alkyl halides is 3. The second kappa shape index (κ2) is 9.67. The molecule has 0 atom stereocenters. The van der Waals surface area contributed by atoms with Gasteiger partial charge in [-0.2, -0.15) is 13.2 Å². The quantitative estimate of drug-likeness (QED) is 0.336. The van der Waals surface area contributed by atoms with Gasteiger partial charge in [0.15, 0.2) is 0 Å². The molecule has 0 saturated heterocycles. The first kappa shape index (κ1) is 23.5. The molecule has 3 N–H and O–H groups in total. The molecule has 0 unspecified atom stereocenters. The van der Waals surface area contributed by atoms with Crippen molar-refractivity contribution in [3.63, 3.8) is 0 Å². The molecule has 1 aromatic heterocycles. The predicted octanol–water partition coefficient (Wildman–Crippen LogP) is 5.46. The Hall–Kier alpha value is -4.67. The molecule has 0 aliphatic heterocycles. The fraction of sp³-hybridized carbons (Fsp3) is 0.0833. The Kier molecular flexibility index (Phi) is 6.49. The molecule has 2 amide bonds. The highest BCUT2D eigenvalue weighted by Gasteiger charge is 2.30. The number of ether oxygens (including phenoxy) is 1. The minimum absolute atomic E-state index is 0.0176. The number of nitrogens with one attached hydrogen (secondary N) is 2. The molecule has 35 heavy (non-hydrogen) atoms. The van der Waals surface area contributed by atoms with E-state index in [9.17, 15) is 22.8 Å². The van der Waals surface area contributed by atoms with E-state index in [0.29, 0.717) is 22.2 Å². The summed E-state index contributed by atoms with van der Waals surface area (Å²) in [7, 11) is 0. The summed E-state index contributed by atoms with van der Waals surface area (Å²) in [6, 6.07) is 15.8. The molecule has 0 aliphatic rings. The highest BCUT2D eigenvalue weighted by Crippen LogP contribution is 2.31. The Morgan fingerprint density at radius 1 is 0.971 bits per heavy atom. The summed E-state index contributed by atoms with van der Waals surface area (Å²) < 4.78 is 44.6. The SMILES string of the molecule is O=C(O)NCc1cc(Oc2ccc3c(C(=O)Nc4cccc(C(F)(F)F)c4)cccc3c2)ncn1. The van der Waals surface area contributed by atoms with Gasteiger partial charge in [-0.3, -0.25) is 4.79 Å². The van der Waals surface area contributed by atoms with Crippen molar-refractivity contribution < 1.29 is 32.6 Å². The zero-order valence-electron chi connectivity index (χ0n) is 17.8. The molecular weight excluding hydrogens is 465 g/mol. The van der Waals surface area contributed by atoms with Crippen molar-refractivity contribution in [1.29, 1.82) is 0 Å². The zero-order chi connectivity index (χ0) is 25.0. The Labute approximate surface area is 196 Å². The van der Waals surface area contributed by atoms with Crippen LogP contribution < -0.4 is 15.4 Å². The summed E-state index contributed by atoms with van der Waals surface area (Å²) in [5, 5.41) is 14.6. The van der Waals surface area contributed by atoms with Gasteiger partial charge in [0.05, 0.1) is 17.8 Å². The summed E-state index contributed by atoms with van der Waals surface area (Å²) in [5.41, 5.74) is -0.150. The largest absolute Gasteiger partial charge is 0.465 e. The Morgan fingerprint density at radius 3 is 2.54 bits per heavy atom. The number of hydrogen-bond donors (Lipinski definition) is 3. The van der Waals surface area contributed by atoms with E-state index in [1.54, 1.807) is 36.4 Å². The molecule has 1 heterocycles. The molecule has 8 nitrogen and oxygen atoms in total. The van der Waals surface area contributed by atoms with Crippen LogP contribution in [0.4, 0.5) is 23.7 Å². The van der Waals surface area contributed by atoms with Gasteiger partial charge >= 0.3 is 12.3 Å². The number of carbonyl (C=O) groups excluding carboxylic acids is 1. The van der Waals surface area contributed by atoms with Crippen LogP contribution in [-0.4, -0.2) is 27.1 Å². The molecule has 0 radical (unpaired) electrons. The molecule has 0 saturated carbocycles. The number of anilines is 1. The average molecular weight is 482 g/mol.